The third-order valence-electron chi connectivity index (χ3n) is 6.34. The predicted octanol–water partition coefficient (Wildman–Crippen LogP) is 3.49. The predicted molar refractivity (Wildman–Crippen MR) is 142 cm³/mol. The van der Waals surface area contributed by atoms with E-state index in [1.54, 1.807) is 6.20 Å². The van der Waals surface area contributed by atoms with Crippen molar-refractivity contribution >= 4 is 22.9 Å². The van der Waals surface area contributed by atoms with Crippen LogP contribution in [0.4, 0.5) is 11.4 Å². The highest BCUT2D eigenvalue weighted by Crippen LogP contribution is 2.33. The van der Waals surface area contributed by atoms with Gasteiger partial charge in [0.1, 0.15) is 0 Å². The molecular weight excluding hydrogens is 452 g/mol. The largest absolute Gasteiger partial charge is 0.381 e. The Morgan fingerprint density at radius 2 is 1.83 bits per heavy atom. The van der Waals surface area contributed by atoms with Crippen LogP contribution in [0.1, 0.15) is 16.7 Å². The molecule has 0 unspecified atom stereocenters. The number of hydrogen-bond acceptors (Lipinski definition) is 7. The molecule has 1 amide bonds. The molecule has 3 aromatic rings. The minimum Gasteiger partial charge on any atom is -0.381 e. The summed E-state index contributed by atoms with van der Waals surface area (Å²) in [4.78, 5) is 26.6. The first-order chi connectivity index (χ1) is 17.5. The molecule has 0 radical (unpaired) electrons. The highest BCUT2D eigenvalue weighted by molar-refractivity contribution is 6.27. The maximum atomic E-state index is 13.4. The van der Waals surface area contributed by atoms with Crippen LogP contribution in [-0.2, 0) is 22.6 Å². The van der Waals surface area contributed by atoms with Crippen LogP contribution in [0.3, 0.4) is 0 Å². The van der Waals surface area contributed by atoms with Crippen molar-refractivity contribution < 1.29 is 9.53 Å². The Kier molecular flexibility index (Phi) is 7.36. The number of morpholine rings is 1. The summed E-state index contributed by atoms with van der Waals surface area (Å²) in [7, 11) is 4.08. The van der Waals surface area contributed by atoms with Crippen molar-refractivity contribution in [2.75, 3.05) is 57.6 Å². The molecule has 1 saturated heterocycles. The Morgan fingerprint density at radius 3 is 2.67 bits per heavy atom. The van der Waals surface area contributed by atoms with Crippen molar-refractivity contribution in [3.8, 4) is 11.1 Å². The van der Waals surface area contributed by atoms with E-state index in [1.807, 2.05) is 50.9 Å². The second kappa shape index (κ2) is 11.0. The smallest absolute Gasteiger partial charge is 0.256 e. The molecule has 0 bridgehead atoms. The average Bonchev–Trinajstić information content (AvgIpc) is 2.88. The number of anilines is 2. The molecule has 2 aromatic heterocycles. The summed E-state index contributed by atoms with van der Waals surface area (Å²) in [5.41, 5.74) is 7.45. The molecule has 8 heteroatoms. The lowest BCUT2D eigenvalue weighted by Crippen LogP contribution is -2.35. The highest BCUT2D eigenvalue weighted by Gasteiger charge is 2.20. The number of amides is 1. The lowest BCUT2D eigenvalue weighted by atomic mass is 9.95. The number of pyridine rings is 2. The zero-order chi connectivity index (χ0) is 24.9. The molecule has 36 heavy (non-hydrogen) atoms. The van der Waals surface area contributed by atoms with E-state index >= 15 is 0 Å². The standard InChI is InChI=1S/C28H32N6O2/c1-33(2)18-20-11-23(16-29-14-20)22-3-4-27-26(13-22)25(5-6-31-27)28(35)32-24-12-21(15-30-17-24)19-34-7-9-36-10-8-34/h3-5,11-17,31H,6-10,18-19H2,1-2H3,(H,32,35). The summed E-state index contributed by atoms with van der Waals surface area (Å²) in [6.07, 6.45) is 9.25. The van der Waals surface area contributed by atoms with Crippen LogP contribution in [0.5, 0.6) is 0 Å². The second-order valence-corrected chi connectivity index (χ2v) is 9.50. The molecule has 2 aliphatic heterocycles. The summed E-state index contributed by atoms with van der Waals surface area (Å²) < 4.78 is 5.44. The first kappa shape index (κ1) is 24.1. The number of carbonyl (C=O) groups excluding carboxylic acids is 1. The van der Waals surface area contributed by atoms with Crippen LogP contribution in [-0.4, -0.2) is 72.6 Å². The average molecular weight is 485 g/mol. The molecule has 4 heterocycles. The first-order valence-electron chi connectivity index (χ1n) is 12.3. The number of ether oxygens (including phenoxy) is 1. The molecule has 0 atom stereocenters. The van der Waals surface area contributed by atoms with E-state index in [2.05, 4.69) is 48.6 Å². The molecular formula is C28H32N6O2. The van der Waals surface area contributed by atoms with E-state index in [0.717, 1.165) is 72.9 Å². The van der Waals surface area contributed by atoms with Crippen molar-refractivity contribution in [1.29, 1.82) is 0 Å². The molecule has 8 nitrogen and oxygen atoms in total. The number of nitrogens with zero attached hydrogens (tertiary/aromatic N) is 4. The topological polar surface area (TPSA) is 82.6 Å². The second-order valence-electron chi connectivity index (χ2n) is 9.50. The fourth-order valence-electron chi connectivity index (χ4n) is 4.64. The minimum atomic E-state index is -0.139. The molecule has 0 aliphatic carbocycles. The number of nitrogens with one attached hydrogen (secondary N) is 2. The van der Waals surface area contributed by atoms with Gasteiger partial charge in [-0.3, -0.25) is 19.7 Å². The molecule has 0 spiro atoms. The highest BCUT2D eigenvalue weighted by atomic mass is 16.5. The first-order valence-corrected chi connectivity index (χ1v) is 12.3. The number of hydrogen-bond donors (Lipinski definition) is 2. The van der Waals surface area contributed by atoms with Gasteiger partial charge in [0, 0.05) is 73.7 Å². The van der Waals surface area contributed by atoms with E-state index < -0.39 is 0 Å². The number of rotatable bonds is 7. The summed E-state index contributed by atoms with van der Waals surface area (Å²) in [6, 6.07) is 10.3. The number of aromatic nitrogens is 2. The Labute approximate surface area is 212 Å². The van der Waals surface area contributed by atoms with E-state index in [0.29, 0.717) is 17.8 Å². The van der Waals surface area contributed by atoms with Gasteiger partial charge in [0.2, 0.25) is 0 Å². The van der Waals surface area contributed by atoms with Crippen molar-refractivity contribution in [1.82, 2.24) is 19.8 Å². The minimum absolute atomic E-state index is 0.139. The Hall–Kier alpha value is -3.59. The lowest BCUT2D eigenvalue weighted by Gasteiger charge is -2.26. The SMILES string of the molecule is CN(C)Cc1cncc(-c2ccc3c(c2)C(C(=O)Nc2cncc(CN4CCOCC4)c2)=CCN3)c1. The van der Waals surface area contributed by atoms with Gasteiger partial charge >= 0.3 is 0 Å². The van der Waals surface area contributed by atoms with Gasteiger partial charge in [-0.1, -0.05) is 12.1 Å². The fourth-order valence-corrected chi connectivity index (χ4v) is 4.64. The Balaban J connectivity index is 1.34. The van der Waals surface area contributed by atoms with E-state index in [4.69, 9.17) is 4.74 Å². The Morgan fingerprint density at radius 1 is 1.03 bits per heavy atom. The van der Waals surface area contributed by atoms with E-state index in [9.17, 15) is 4.79 Å². The quantitative estimate of drug-likeness (QED) is 0.531. The van der Waals surface area contributed by atoms with Gasteiger partial charge < -0.3 is 20.3 Å². The maximum Gasteiger partial charge on any atom is 0.256 e. The van der Waals surface area contributed by atoms with Gasteiger partial charge in [-0.05, 0) is 55.1 Å². The number of benzene rings is 1. The van der Waals surface area contributed by atoms with Crippen LogP contribution in [0.15, 0.2) is 61.2 Å². The Bertz CT molecular complexity index is 1270. The van der Waals surface area contributed by atoms with E-state index in [1.165, 1.54) is 0 Å². The molecule has 5 rings (SSSR count). The van der Waals surface area contributed by atoms with Gasteiger partial charge in [-0.25, -0.2) is 0 Å². The van der Waals surface area contributed by atoms with Crippen LogP contribution in [0.25, 0.3) is 16.7 Å². The zero-order valence-corrected chi connectivity index (χ0v) is 20.8. The van der Waals surface area contributed by atoms with Gasteiger partial charge in [-0.15, -0.1) is 0 Å². The molecule has 2 aliphatic rings. The van der Waals surface area contributed by atoms with Crippen LogP contribution < -0.4 is 10.6 Å². The van der Waals surface area contributed by atoms with Crippen LogP contribution in [0, 0.1) is 0 Å². The van der Waals surface area contributed by atoms with Gasteiger partial charge in [0.25, 0.3) is 5.91 Å². The molecule has 1 aromatic carbocycles. The van der Waals surface area contributed by atoms with Gasteiger partial charge in [0.05, 0.1) is 25.1 Å². The van der Waals surface area contributed by atoms with Gasteiger partial charge in [-0.2, -0.15) is 0 Å². The third-order valence-corrected chi connectivity index (χ3v) is 6.34. The lowest BCUT2D eigenvalue weighted by molar-refractivity contribution is -0.111. The molecule has 2 N–H and O–H groups in total. The summed E-state index contributed by atoms with van der Waals surface area (Å²) in [6.45, 7) is 5.53. The monoisotopic (exact) mass is 484 g/mol. The molecule has 1 fully saturated rings. The van der Waals surface area contributed by atoms with Crippen LogP contribution in [0.2, 0.25) is 0 Å². The normalized spacial score (nSPS) is 15.7. The number of carbonyl (C=O) groups is 1. The summed E-state index contributed by atoms with van der Waals surface area (Å²) in [5, 5.41) is 6.44. The maximum absolute atomic E-state index is 13.4. The van der Waals surface area contributed by atoms with Crippen molar-refractivity contribution in [2.45, 2.75) is 13.1 Å². The van der Waals surface area contributed by atoms with Crippen molar-refractivity contribution in [3.63, 3.8) is 0 Å². The summed E-state index contributed by atoms with van der Waals surface area (Å²) in [5.74, 6) is -0.139. The third kappa shape index (κ3) is 5.79. The van der Waals surface area contributed by atoms with E-state index in [-0.39, 0.29) is 5.91 Å². The summed E-state index contributed by atoms with van der Waals surface area (Å²) >= 11 is 0. The molecule has 186 valence electrons. The van der Waals surface area contributed by atoms with Crippen molar-refractivity contribution in [3.05, 3.63) is 77.9 Å². The number of fused-ring (bicyclic) bond motifs is 1. The van der Waals surface area contributed by atoms with Crippen LogP contribution >= 0.6 is 0 Å². The fraction of sp³-hybridized carbons (Fsp3) is 0.321. The molecule has 0 saturated carbocycles. The van der Waals surface area contributed by atoms with Gasteiger partial charge in [0.15, 0.2) is 0 Å². The zero-order valence-electron chi connectivity index (χ0n) is 20.8. The van der Waals surface area contributed by atoms with Crippen molar-refractivity contribution in [2.24, 2.45) is 0 Å².